The summed E-state index contributed by atoms with van der Waals surface area (Å²) in [5.41, 5.74) is 0.999. The Morgan fingerprint density at radius 3 is 2.36 bits per heavy atom. The molecule has 0 heterocycles. The van der Waals surface area contributed by atoms with Crippen molar-refractivity contribution in [2.75, 3.05) is 23.7 Å². The minimum Gasteiger partial charge on any atom is -0.354 e. The number of halogens is 2. The van der Waals surface area contributed by atoms with Crippen molar-refractivity contribution in [3.63, 3.8) is 0 Å². The van der Waals surface area contributed by atoms with Crippen LogP contribution in [0, 0.1) is 0 Å². The first-order chi connectivity index (χ1) is 15.6. The van der Waals surface area contributed by atoms with Crippen molar-refractivity contribution in [1.29, 1.82) is 0 Å². The maximum atomic E-state index is 13.5. The number of carbonyl (C=O) groups excluding carboxylic acids is 2. The van der Waals surface area contributed by atoms with Crippen LogP contribution in [0.25, 0.3) is 0 Å². The number of hydrogen-bond acceptors (Lipinski definition) is 4. The number of para-hydroxylation sites is 1. The molecule has 0 saturated carbocycles. The minimum absolute atomic E-state index is 0.0639. The van der Waals surface area contributed by atoms with Crippen LogP contribution >= 0.6 is 27.5 Å². The normalized spacial score (nSPS) is 12.2. The number of sulfonamides is 1. The maximum Gasteiger partial charge on any atom is 0.244 e. The van der Waals surface area contributed by atoms with Gasteiger partial charge in [-0.15, -0.1) is 0 Å². The van der Waals surface area contributed by atoms with Crippen LogP contribution < -0.4 is 9.62 Å². The Labute approximate surface area is 209 Å². The molecule has 0 aliphatic carbocycles. The lowest BCUT2D eigenvalue weighted by molar-refractivity contribution is -0.139. The zero-order chi connectivity index (χ0) is 24.6. The monoisotopic (exact) mass is 557 g/mol. The molecule has 1 N–H and O–H groups in total. The van der Waals surface area contributed by atoms with E-state index in [-0.39, 0.29) is 12.5 Å². The first-order valence-electron chi connectivity index (χ1n) is 10.6. The topological polar surface area (TPSA) is 86.8 Å². The van der Waals surface area contributed by atoms with Crippen molar-refractivity contribution in [3.8, 4) is 0 Å². The summed E-state index contributed by atoms with van der Waals surface area (Å²) in [6.07, 6.45) is 2.78. The Kier molecular flexibility index (Phi) is 10.2. The molecule has 10 heteroatoms. The summed E-state index contributed by atoms with van der Waals surface area (Å²) in [6, 6.07) is 13.0. The quantitative estimate of drug-likeness (QED) is 0.419. The van der Waals surface area contributed by atoms with E-state index in [0.717, 1.165) is 23.4 Å². The second kappa shape index (κ2) is 12.4. The molecule has 0 spiro atoms. The molecule has 0 aliphatic rings. The number of nitrogens with zero attached hydrogens (tertiary/aromatic N) is 2. The third-order valence-electron chi connectivity index (χ3n) is 5.10. The van der Waals surface area contributed by atoms with Gasteiger partial charge in [0.15, 0.2) is 0 Å². The summed E-state index contributed by atoms with van der Waals surface area (Å²) in [5, 5.41) is 3.30. The molecule has 180 valence electrons. The van der Waals surface area contributed by atoms with Gasteiger partial charge in [-0.25, -0.2) is 8.42 Å². The van der Waals surface area contributed by atoms with Gasteiger partial charge >= 0.3 is 0 Å². The minimum atomic E-state index is -3.78. The van der Waals surface area contributed by atoms with Gasteiger partial charge in [0.1, 0.15) is 12.6 Å². The maximum absolute atomic E-state index is 13.5. The van der Waals surface area contributed by atoms with Crippen molar-refractivity contribution in [1.82, 2.24) is 10.2 Å². The molecule has 0 fully saturated rings. The lowest BCUT2D eigenvalue weighted by Crippen LogP contribution is -2.51. The zero-order valence-corrected chi connectivity index (χ0v) is 22.1. The second-order valence-corrected chi connectivity index (χ2v) is 10.8. The molecule has 0 bridgehead atoms. The van der Waals surface area contributed by atoms with Crippen LogP contribution in [0.5, 0.6) is 0 Å². The van der Waals surface area contributed by atoms with Gasteiger partial charge in [-0.1, -0.05) is 55.3 Å². The second-order valence-electron chi connectivity index (χ2n) is 7.65. The van der Waals surface area contributed by atoms with Gasteiger partial charge in [0, 0.05) is 22.6 Å². The van der Waals surface area contributed by atoms with Crippen LogP contribution in [-0.4, -0.2) is 50.5 Å². The molecule has 1 atom stereocenters. The summed E-state index contributed by atoms with van der Waals surface area (Å²) in [6.45, 7) is 3.75. The van der Waals surface area contributed by atoms with E-state index in [9.17, 15) is 18.0 Å². The molecule has 2 rings (SSSR count). The SMILES string of the molecule is CCCCNC(=O)C(C)N(Cc1ccccc1Cl)C(=O)CN(c1ccccc1Br)S(C)(=O)=O. The molecule has 2 aromatic rings. The highest BCUT2D eigenvalue weighted by molar-refractivity contribution is 9.10. The number of benzene rings is 2. The fourth-order valence-corrected chi connectivity index (χ4v) is 4.85. The predicted octanol–water partition coefficient (Wildman–Crippen LogP) is 4.20. The molecular formula is C23H29BrClN3O4S. The number of hydrogen-bond donors (Lipinski definition) is 1. The van der Waals surface area contributed by atoms with Crippen molar-refractivity contribution in [2.45, 2.75) is 39.3 Å². The molecule has 0 aliphatic heterocycles. The van der Waals surface area contributed by atoms with Gasteiger partial charge in [-0.3, -0.25) is 13.9 Å². The van der Waals surface area contributed by atoms with Crippen LogP contribution in [0.3, 0.4) is 0 Å². The van der Waals surface area contributed by atoms with E-state index in [4.69, 9.17) is 11.6 Å². The molecule has 0 radical (unpaired) electrons. The van der Waals surface area contributed by atoms with E-state index < -0.39 is 28.5 Å². The highest BCUT2D eigenvalue weighted by Crippen LogP contribution is 2.28. The number of nitrogens with one attached hydrogen (secondary N) is 1. The summed E-state index contributed by atoms with van der Waals surface area (Å²) in [7, 11) is -3.78. The molecule has 2 amide bonds. The van der Waals surface area contributed by atoms with E-state index >= 15 is 0 Å². The number of rotatable bonds is 11. The average Bonchev–Trinajstić information content (AvgIpc) is 2.76. The molecule has 1 unspecified atom stereocenters. The van der Waals surface area contributed by atoms with Gasteiger partial charge in [0.05, 0.1) is 11.9 Å². The lowest BCUT2D eigenvalue weighted by atomic mass is 10.1. The van der Waals surface area contributed by atoms with Crippen LogP contribution in [0.2, 0.25) is 5.02 Å². The molecule has 33 heavy (non-hydrogen) atoms. The lowest BCUT2D eigenvalue weighted by Gasteiger charge is -2.32. The number of amides is 2. The Morgan fingerprint density at radius 2 is 1.76 bits per heavy atom. The first kappa shape index (κ1) is 27.1. The fraction of sp³-hybridized carbons (Fsp3) is 0.391. The van der Waals surface area contributed by atoms with E-state index in [1.165, 1.54) is 4.90 Å². The molecule has 2 aromatic carbocycles. The van der Waals surface area contributed by atoms with Crippen LogP contribution in [0.4, 0.5) is 5.69 Å². The number of unbranched alkanes of at least 4 members (excludes halogenated alkanes) is 1. The highest BCUT2D eigenvalue weighted by atomic mass is 79.9. The standard InChI is InChI=1S/C23H29BrClN3O4S/c1-4-5-14-26-23(30)17(2)27(15-18-10-6-8-12-20(18)25)22(29)16-28(33(3,31)32)21-13-9-7-11-19(21)24/h6-13,17H,4-5,14-16H2,1-3H3,(H,26,30). The van der Waals surface area contributed by atoms with Gasteiger partial charge in [-0.05, 0) is 53.0 Å². The summed E-state index contributed by atoms with van der Waals surface area (Å²) in [4.78, 5) is 27.6. The highest BCUT2D eigenvalue weighted by Gasteiger charge is 2.30. The van der Waals surface area contributed by atoms with E-state index in [1.807, 2.05) is 6.92 Å². The summed E-state index contributed by atoms with van der Waals surface area (Å²) >= 11 is 9.66. The third kappa shape index (κ3) is 7.72. The Morgan fingerprint density at radius 1 is 1.12 bits per heavy atom. The predicted molar refractivity (Wildman–Crippen MR) is 136 cm³/mol. The molecule has 7 nitrogen and oxygen atoms in total. The van der Waals surface area contributed by atoms with Gasteiger partial charge < -0.3 is 10.2 Å². The van der Waals surface area contributed by atoms with E-state index in [2.05, 4.69) is 21.2 Å². The van der Waals surface area contributed by atoms with Gasteiger partial charge in [-0.2, -0.15) is 0 Å². The smallest absolute Gasteiger partial charge is 0.244 e. The van der Waals surface area contributed by atoms with E-state index in [0.29, 0.717) is 27.3 Å². The fourth-order valence-electron chi connectivity index (χ4n) is 3.18. The first-order valence-corrected chi connectivity index (χ1v) is 13.6. The Balaban J connectivity index is 2.37. The molecule has 0 aromatic heterocycles. The molecular weight excluding hydrogens is 530 g/mol. The van der Waals surface area contributed by atoms with Crippen molar-refractivity contribution >= 4 is 55.1 Å². The average molecular weight is 559 g/mol. The largest absolute Gasteiger partial charge is 0.354 e. The van der Waals surface area contributed by atoms with Gasteiger partial charge in [0.25, 0.3) is 0 Å². The van der Waals surface area contributed by atoms with Crippen molar-refractivity contribution in [2.24, 2.45) is 0 Å². The van der Waals surface area contributed by atoms with Crippen molar-refractivity contribution < 1.29 is 18.0 Å². The van der Waals surface area contributed by atoms with Crippen LogP contribution in [0.1, 0.15) is 32.3 Å². The third-order valence-corrected chi connectivity index (χ3v) is 7.26. The number of carbonyl (C=O) groups is 2. The van der Waals surface area contributed by atoms with Crippen molar-refractivity contribution in [3.05, 3.63) is 63.6 Å². The Bertz CT molecular complexity index is 1080. The van der Waals surface area contributed by atoms with Crippen LogP contribution in [-0.2, 0) is 26.2 Å². The summed E-state index contributed by atoms with van der Waals surface area (Å²) in [5.74, 6) is -0.829. The number of anilines is 1. The zero-order valence-electron chi connectivity index (χ0n) is 18.9. The Hall–Kier alpha value is -2.10. The van der Waals surface area contributed by atoms with E-state index in [1.54, 1.807) is 55.5 Å². The summed E-state index contributed by atoms with van der Waals surface area (Å²) < 4.78 is 26.7. The van der Waals surface area contributed by atoms with Crippen LogP contribution in [0.15, 0.2) is 53.0 Å². The van der Waals surface area contributed by atoms with Gasteiger partial charge in [0.2, 0.25) is 21.8 Å². The molecule has 0 saturated heterocycles.